The predicted octanol–water partition coefficient (Wildman–Crippen LogP) is 5.10. The van der Waals surface area contributed by atoms with Gasteiger partial charge >= 0.3 is 0 Å². The lowest BCUT2D eigenvalue weighted by Crippen LogP contribution is -2.02. The number of carbonyl (C=O) groups is 1. The van der Waals surface area contributed by atoms with Crippen molar-refractivity contribution < 1.29 is 4.79 Å². The van der Waals surface area contributed by atoms with Gasteiger partial charge in [-0.3, -0.25) is 4.79 Å². The summed E-state index contributed by atoms with van der Waals surface area (Å²) in [7, 11) is 0. The SMILES string of the molecule is Cc1cc(C(=O)CSc2cccc(Br)c2)c(C)s1. The van der Waals surface area contributed by atoms with Gasteiger partial charge in [-0.05, 0) is 38.1 Å². The Bertz CT molecular complexity index is 575. The first-order chi connectivity index (χ1) is 8.56. The van der Waals surface area contributed by atoms with Gasteiger partial charge in [-0.25, -0.2) is 0 Å². The van der Waals surface area contributed by atoms with E-state index in [1.165, 1.54) is 4.88 Å². The fourth-order valence-corrected chi connectivity index (χ4v) is 4.02. The maximum absolute atomic E-state index is 12.1. The minimum absolute atomic E-state index is 0.210. The number of Topliss-reactive ketones (excluding diaryl/α,β-unsaturated/α-hetero) is 1. The first-order valence-electron chi connectivity index (χ1n) is 5.55. The average Bonchev–Trinajstić information content (AvgIpc) is 2.66. The molecule has 4 heteroatoms. The average molecular weight is 341 g/mol. The molecule has 94 valence electrons. The number of hydrogen-bond acceptors (Lipinski definition) is 3. The minimum atomic E-state index is 0.210. The van der Waals surface area contributed by atoms with Gasteiger partial charge < -0.3 is 0 Å². The number of carbonyl (C=O) groups excluding carboxylic acids is 1. The summed E-state index contributed by atoms with van der Waals surface area (Å²) in [5, 5.41) is 0. The van der Waals surface area contributed by atoms with Gasteiger partial charge in [0.25, 0.3) is 0 Å². The first-order valence-corrected chi connectivity index (χ1v) is 8.14. The number of benzene rings is 1. The molecule has 0 atom stereocenters. The lowest BCUT2D eigenvalue weighted by Gasteiger charge is -2.01. The second-order valence-corrected chi connectivity index (χ2v) is 7.42. The third-order valence-corrected chi connectivity index (χ3v) is 4.96. The van der Waals surface area contributed by atoms with E-state index in [0.29, 0.717) is 5.75 Å². The molecule has 0 N–H and O–H groups in total. The summed E-state index contributed by atoms with van der Waals surface area (Å²) in [5.74, 6) is 0.704. The zero-order valence-electron chi connectivity index (χ0n) is 10.2. The van der Waals surface area contributed by atoms with Crippen molar-refractivity contribution in [3.05, 3.63) is 50.1 Å². The fourth-order valence-electron chi connectivity index (χ4n) is 1.69. The Kier molecular flexibility index (Phi) is 4.65. The quantitative estimate of drug-likeness (QED) is 0.568. The van der Waals surface area contributed by atoms with Crippen LogP contribution in [-0.2, 0) is 0 Å². The van der Waals surface area contributed by atoms with E-state index in [9.17, 15) is 4.79 Å². The Labute approximate surface area is 124 Å². The van der Waals surface area contributed by atoms with E-state index in [2.05, 4.69) is 15.9 Å². The van der Waals surface area contributed by atoms with Gasteiger partial charge in [0, 0.05) is 24.7 Å². The second kappa shape index (κ2) is 6.04. The number of hydrogen-bond donors (Lipinski definition) is 0. The molecule has 0 aliphatic heterocycles. The normalized spacial score (nSPS) is 10.6. The van der Waals surface area contributed by atoms with Crippen LogP contribution in [0.5, 0.6) is 0 Å². The van der Waals surface area contributed by atoms with Gasteiger partial charge in [0.1, 0.15) is 0 Å². The van der Waals surface area contributed by atoms with Gasteiger partial charge in [0.2, 0.25) is 0 Å². The molecule has 1 heterocycles. The molecular formula is C14H13BrOS2. The van der Waals surface area contributed by atoms with E-state index in [1.54, 1.807) is 23.1 Å². The van der Waals surface area contributed by atoms with Gasteiger partial charge in [0.15, 0.2) is 5.78 Å². The van der Waals surface area contributed by atoms with E-state index in [1.807, 2.05) is 44.2 Å². The van der Waals surface area contributed by atoms with E-state index in [-0.39, 0.29) is 5.78 Å². The molecule has 0 bridgehead atoms. The highest BCUT2D eigenvalue weighted by atomic mass is 79.9. The standard InChI is InChI=1S/C14H13BrOS2/c1-9-6-13(10(2)18-9)14(16)8-17-12-5-3-4-11(15)7-12/h3-7H,8H2,1-2H3. The summed E-state index contributed by atoms with van der Waals surface area (Å²) in [6, 6.07) is 10.0. The molecule has 0 fully saturated rings. The summed E-state index contributed by atoms with van der Waals surface area (Å²) in [5.41, 5.74) is 0.875. The summed E-state index contributed by atoms with van der Waals surface area (Å²) in [6.45, 7) is 4.05. The summed E-state index contributed by atoms with van der Waals surface area (Å²) in [4.78, 5) is 15.5. The number of rotatable bonds is 4. The molecule has 0 aliphatic rings. The molecule has 0 unspecified atom stereocenters. The number of aryl methyl sites for hydroxylation is 2. The number of halogens is 1. The van der Waals surface area contributed by atoms with Gasteiger partial charge in [-0.2, -0.15) is 0 Å². The number of ketones is 1. The lowest BCUT2D eigenvalue weighted by atomic mass is 10.2. The van der Waals surface area contributed by atoms with E-state index in [4.69, 9.17) is 0 Å². The molecule has 18 heavy (non-hydrogen) atoms. The van der Waals surface area contributed by atoms with Gasteiger partial charge in [-0.15, -0.1) is 23.1 Å². The van der Waals surface area contributed by atoms with Gasteiger partial charge in [0.05, 0.1) is 5.75 Å². The van der Waals surface area contributed by atoms with Crippen molar-refractivity contribution in [2.75, 3.05) is 5.75 Å². The molecule has 0 aliphatic carbocycles. The molecule has 1 nitrogen and oxygen atoms in total. The fraction of sp³-hybridized carbons (Fsp3) is 0.214. The predicted molar refractivity (Wildman–Crippen MR) is 83.0 cm³/mol. The van der Waals surface area contributed by atoms with Crippen LogP contribution in [0, 0.1) is 13.8 Å². The van der Waals surface area contributed by atoms with Crippen LogP contribution in [0.1, 0.15) is 20.1 Å². The van der Waals surface area contributed by atoms with Crippen LogP contribution in [0.25, 0.3) is 0 Å². The van der Waals surface area contributed by atoms with Crippen LogP contribution in [-0.4, -0.2) is 11.5 Å². The lowest BCUT2D eigenvalue weighted by molar-refractivity contribution is 0.102. The van der Waals surface area contributed by atoms with E-state index in [0.717, 1.165) is 19.8 Å². The van der Waals surface area contributed by atoms with Crippen LogP contribution in [0.2, 0.25) is 0 Å². The Hall–Kier alpha value is -0.580. The van der Waals surface area contributed by atoms with Crippen molar-refractivity contribution >= 4 is 44.8 Å². The van der Waals surface area contributed by atoms with Crippen molar-refractivity contribution in [1.82, 2.24) is 0 Å². The van der Waals surface area contributed by atoms with Crippen LogP contribution in [0.3, 0.4) is 0 Å². The molecule has 0 saturated carbocycles. The molecule has 1 aromatic carbocycles. The summed E-state index contributed by atoms with van der Waals surface area (Å²) >= 11 is 6.70. The van der Waals surface area contributed by atoms with Crippen molar-refractivity contribution in [2.45, 2.75) is 18.7 Å². The number of thiophene rings is 1. The zero-order chi connectivity index (χ0) is 13.1. The molecule has 1 aromatic heterocycles. The monoisotopic (exact) mass is 340 g/mol. The van der Waals surface area contributed by atoms with Crippen LogP contribution < -0.4 is 0 Å². The van der Waals surface area contributed by atoms with Crippen LogP contribution in [0.15, 0.2) is 39.7 Å². The van der Waals surface area contributed by atoms with Crippen LogP contribution in [0.4, 0.5) is 0 Å². The van der Waals surface area contributed by atoms with E-state index >= 15 is 0 Å². The molecule has 2 rings (SSSR count). The van der Waals surface area contributed by atoms with Crippen molar-refractivity contribution in [2.24, 2.45) is 0 Å². The molecule has 2 aromatic rings. The van der Waals surface area contributed by atoms with E-state index < -0.39 is 0 Å². The Morgan fingerprint density at radius 2 is 2.11 bits per heavy atom. The third-order valence-electron chi connectivity index (χ3n) is 2.51. The molecular weight excluding hydrogens is 328 g/mol. The zero-order valence-corrected chi connectivity index (χ0v) is 13.4. The maximum Gasteiger partial charge on any atom is 0.174 e. The highest BCUT2D eigenvalue weighted by Crippen LogP contribution is 2.26. The Morgan fingerprint density at radius 1 is 1.33 bits per heavy atom. The Morgan fingerprint density at radius 3 is 2.72 bits per heavy atom. The van der Waals surface area contributed by atoms with Crippen molar-refractivity contribution in [1.29, 1.82) is 0 Å². The summed E-state index contributed by atoms with van der Waals surface area (Å²) < 4.78 is 1.04. The molecule has 0 amide bonds. The second-order valence-electron chi connectivity index (χ2n) is 4.00. The Balaban J connectivity index is 2.03. The number of thioether (sulfide) groups is 1. The minimum Gasteiger partial charge on any atom is -0.293 e. The topological polar surface area (TPSA) is 17.1 Å². The van der Waals surface area contributed by atoms with Gasteiger partial charge in [-0.1, -0.05) is 22.0 Å². The van der Waals surface area contributed by atoms with Crippen LogP contribution >= 0.6 is 39.0 Å². The smallest absolute Gasteiger partial charge is 0.174 e. The molecule has 0 saturated heterocycles. The maximum atomic E-state index is 12.1. The highest BCUT2D eigenvalue weighted by molar-refractivity contribution is 9.10. The highest BCUT2D eigenvalue weighted by Gasteiger charge is 2.12. The van der Waals surface area contributed by atoms with Crippen molar-refractivity contribution in [3.8, 4) is 0 Å². The molecule has 0 spiro atoms. The third kappa shape index (κ3) is 3.46. The largest absolute Gasteiger partial charge is 0.293 e. The molecule has 0 radical (unpaired) electrons. The summed E-state index contributed by atoms with van der Waals surface area (Å²) in [6.07, 6.45) is 0. The first kappa shape index (κ1) is 13.8. The van der Waals surface area contributed by atoms with Crippen molar-refractivity contribution in [3.63, 3.8) is 0 Å².